The van der Waals surface area contributed by atoms with E-state index in [1.807, 2.05) is 43.3 Å². The van der Waals surface area contributed by atoms with Crippen molar-refractivity contribution in [3.8, 4) is 5.75 Å². The Bertz CT molecular complexity index is 1170. The van der Waals surface area contributed by atoms with Gasteiger partial charge in [0.2, 0.25) is 5.91 Å². The molecule has 0 spiro atoms. The topological polar surface area (TPSA) is 75.7 Å². The molecule has 1 aliphatic heterocycles. The van der Waals surface area contributed by atoms with E-state index in [0.29, 0.717) is 29.8 Å². The molecule has 1 N–H and O–H groups in total. The van der Waals surface area contributed by atoms with E-state index in [1.165, 1.54) is 0 Å². The fourth-order valence-corrected chi connectivity index (χ4v) is 3.87. The van der Waals surface area contributed by atoms with Gasteiger partial charge < -0.3 is 15.0 Å². The summed E-state index contributed by atoms with van der Waals surface area (Å²) in [6.45, 7) is 1.97. The van der Waals surface area contributed by atoms with Crippen LogP contribution < -0.4 is 15.0 Å². The van der Waals surface area contributed by atoms with Crippen LogP contribution in [0, 0.1) is 12.8 Å². The number of hydrogen-bond acceptors (Lipinski definition) is 4. The molecule has 0 radical (unpaired) electrons. The number of hydrogen-bond donors (Lipinski definition) is 1. The SMILES string of the molecule is Cc1ccc(C(=O)N(C)c2ccc(OC(=O)CCC3Cc4ccccc4NC3=O)cc2)cc1. The van der Waals surface area contributed by atoms with Gasteiger partial charge in [-0.1, -0.05) is 35.9 Å². The van der Waals surface area contributed by atoms with Crippen molar-refractivity contribution < 1.29 is 19.1 Å². The van der Waals surface area contributed by atoms with Crippen LogP contribution in [-0.4, -0.2) is 24.8 Å². The van der Waals surface area contributed by atoms with Crippen molar-refractivity contribution in [3.63, 3.8) is 0 Å². The first-order chi connectivity index (χ1) is 15.9. The summed E-state index contributed by atoms with van der Waals surface area (Å²) in [7, 11) is 1.70. The fraction of sp³-hybridized carbons (Fsp3) is 0.222. The van der Waals surface area contributed by atoms with Crippen molar-refractivity contribution in [2.24, 2.45) is 5.92 Å². The minimum Gasteiger partial charge on any atom is -0.427 e. The number of para-hydroxylation sites is 1. The third kappa shape index (κ3) is 5.29. The molecule has 4 rings (SSSR count). The third-order valence-electron chi connectivity index (χ3n) is 5.87. The fourth-order valence-electron chi connectivity index (χ4n) is 3.87. The Balaban J connectivity index is 1.30. The molecule has 6 nitrogen and oxygen atoms in total. The van der Waals surface area contributed by atoms with Crippen molar-refractivity contribution in [2.45, 2.75) is 26.2 Å². The van der Waals surface area contributed by atoms with Crippen LogP contribution in [0.5, 0.6) is 5.75 Å². The molecule has 0 aliphatic carbocycles. The molecule has 0 saturated heterocycles. The summed E-state index contributed by atoms with van der Waals surface area (Å²) in [5.74, 6) is -0.424. The van der Waals surface area contributed by atoms with Gasteiger partial charge in [-0.25, -0.2) is 0 Å². The van der Waals surface area contributed by atoms with Gasteiger partial charge >= 0.3 is 5.97 Å². The van der Waals surface area contributed by atoms with Crippen LogP contribution in [0.2, 0.25) is 0 Å². The predicted molar refractivity (Wildman–Crippen MR) is 127 cm³/mol. The number of aryl methyl sites for hydroxylation is 1. The molecule has 2 amide bonds. The highest BCUT2D eigenvalue weighted by atomic mass is 16.5. The molecule has 1 unspecified atom stereocenters. The highest BCUT2D eigenvalue weighted by molar-refractivity contribution is 6.05. The minimum absolute atomic E-state index is 0.0628. The molecule has 0 saturated carbocycles. The molecule has 3 aromatic rings. The van der Waals surface area contributed by atoms with Crippen LogP contribution in [0.4, 0.5) is 11.4 Å². The molecule has 33 heavy (non-hydrogen) atoms. The van der Waals surface area contributed by atoms with Gasteiger partial charge in [0.15, 0.2) is 0 Å². The predicted octanol–water partition coefficient (Wildman–Crippen LogP) is 4.77. The quantitative estimate of drug-likeness (QED) is 0.441. The smallest absolute Gasteiger partial charge is 0.311 e. The Morgan fingerprint density at radius 3 is 2.42 bits per heavy atom. The second kappa shape index (κ2) is 9.69. The van der Waals surface area contributed by atoms with E-state index in [2.05, 4.69) is 5.32 Å². The molecule has 3 aromatic carbocycles. The van der Waals surface area contributed by atoms with Gasteiger partial charge in [0.05, 0.1) is 0 Å². The first kappa shape index (κ1) is 22.3. The first-order valence-corrected chi connectivity index (χ1v) is 10.9. The molecular formula is C27H26N2O4. The monoisotopic (exact) mass is 442 g/mol. The van der Waals surface area contributed by atoms with Crippen LogP contribution in [-0.2, 0) is 16.0 Å². The maximum absolute atomic E-state index is 12.7. The Morgan fingerprint density at radius 1 is 1.00 bits per heavy atom. The van der Waals surface area contributed by atoms with E-state index >= 15 is 0 Å². The molecule has 6 heteroatoms. The van der Waals surface area contributed by atoms with Crippen LogP contribution in [0.3, 0.4) is 0 Å². The van der Waals surface area contributed by atoms with E-state index < -0.39 is 5.97 Å². The van der Waals surface area contributed by atoms with Gasteiger partial charge in [-0.3, -0.25) is 14.4 Å². The zero-order chi connectivity index (χ0) is 23.4. The summed E-state index contributed by atoms with van der Waals surface area (Å²) in [6, 6.07) is 21.9. The number of nitrogens with zero attached hydrogens (tertiary/aromatic N) is 1. The summed E-state index contributed by atoms with van der Waals surface area (Å²) in [5.41, 5.74) is 4.31. The molecule has 1 heterocycles. The zero-order valence-corrected chi connectivity index (χ0v) is 18.7. The normalized spacial score (nSPS) is 14.7. The van der Waals surface area contributed by atoms with Gasteiger partial charge in [-0.05, 0) is 67.8 Å². The lowest BCUT2D eigenvalue weighted by Crippen LogP contribution is -2.30. The number of amides is 2. The van der Waals surface area contributed by atoms with Gasteiger partial charge in [0.25, 0.3) is 5.91 Å². The van der Waals surface area contributed by atoms with Crippen LogP contribution in [0.1, 0.15) is 34.3 Å². The van der Waals surface area contributed by atoms with Crippen LogP contribution in [0.25, 0.3) is 0 Å². The van der Waals surface area contributed by atoms with Crippen molar-refractivity contribution in [1.82, 2.24) is 0 Å². The lowest BCUT2D eigenvalue weighted by Gasteiger charge is -2.24. The van der Waals surface area contributed by atoms with E-state index in [1.54, 1.807) is 48.3 Å². The Hall–Kier alpha value is -3.93. The Kier molecular flexibility index (Phi) is 6.54. The lowest BCUT2D eigenvalue weighted by molar-refractivity contribution is -0.134. The van der Waals surface area contributed by atoms with Crippen molar-refractivity contribution in [1.29, 1.82) is 0 Å². The van der Waals surface area contributed by atoms with Gasteiger partial charge in [0.1, 0.15) is 5.75 Å². The Morgan fingerprint density at radius 2 is 1.70 bits per heavy atom. The summed E-state index contributed by atoms with van der Waals surface area (Å²) in [5, 5.41) is 2.90. The number of esters is 1. The van der Waals surface area contributed by atoms with Crippen LogP contribution in [0.15, 0.2) is 72.8 Å². The number of ether oxygens (including phenoxy) is 1. The highest BCUT2D eigenvalue weighted by Crippen LogP contribution is 2.28. The molecule has 0 bridgehead atoms. The number of carbonyl (C=O) groups excluding carboxylic acids is 3. The van der Waals surface area contributed by atoms with Crippen molar-refractivity contribution in [3.05, 3.63) is 89.5 Å². The second-order valence-corrected chi connectivity index (χ2v) is 8.28. The lowest BCUT2D eigenvalue weighted by atomic mass is 9.90. The standard InChI is InChI=1S/C27H26N2O4/c1-18-7-9-19(10-8-18)27(32)29(2)22-12-14-23(15-13-22)33-25(30)16-11-21-17-20-5-3-4-6-24(20)28-26(21)31/h3-10,12-15,21H,11,16-17H2,1-2H3,(H,28,31). The summed E-state index contributed by atoms with van der Waals surface area (Å²) < 4.78 is 5.43. The van der Waals surface area contributed by atoms with Gasteiger partial charge in [0, 0.05) is 36.3 Å². The van der Waals surface area contributed by atoms with E-state index in [-0.39, 0.29) is 24.2 Å². The summed E-state index contributed by atoms with van der Waals surface area (Å²) in [6.07, 6.45) is 1.18. The molecule has 0 aromatic heterocycles. The summed E-state index contributed by atoms with van der Waals surface area (Å²) in [4.78, 5) is 38.9. The zero-order valence-electron chi connectivity index (χ0n) is 18.7. The molecule has 0 fully saturated rings. The van der Waals surface area contributed by atoms with Crippen molar-refractivity contribution >= 4 is 29.2 Å². The molecular weight excluding hydrogens is 416 g/mol. The van der Waals surface area contributed by atoms with E-state index in [9.17, 15) is 14.4 Å². The average Bonchev–Trinajstić information content (AvgIpc) is 2.83. The number of carbonyl (C=O) groups is 3. The second-order valence-electron chi connectivity index (χ2n) is 8.28. The maximum Gasteiger partial charge on any atom is 0.311 e. The van der Waals surface area contributed by atoms with E-state index in [4.69, 9.17) is 4.74 Å². The minimum atomic E-state index is -0.390. The Labute approximate surface area is 193 Å². The third-order valence-corrected chi connectivity index (χ3v) is 5.87. The number of anilines is 2. The highest BCUT2D eigenvalue weighted by Gasteiger charge is 2.26. The molecule has 1 aliphatic rings. The van der Waals surface area contributed by atoms with Gasteiger partial charge in [-0.15, -0.1) is 0 Å². The van der Waals surface area contributed by atoms with Gasteiger partial charge in [-0.2, -0.15) is 0 Å². The number of fused-ring (bicyclic) bond motifs is 1. The van der Waals surface area contributed by atoms with Crippen molar-refractivity contribution in [2.75, 3.05) is 17.3 Å². The van der Waals surface area contributed by atoms with E-state index in [0.717, 1.165) is 16.8 Å². The maximum atomic E-state index is 12.7. The number of rotatable bonds is 6. The number of nitrogens with one attached hydrogen (secondary N) is 1. The average molecular weight is 443 g/mol. The molecule has 1 atom stereocenters. The van der Waals surface area contributed by atoms with Crippen LogP contribution >= 0.6 is 0 Å². The molecule has 168 valence electrons. The number of benzene rings is 3. The largest absolute Gasteiger partial charge is 0.427 e. The first-order valence-electron chi connectivity index (χ1n) is 10.9. The summed E-state index contributed by atoms with van der Waals surface area (Å²) >= 11 is 0.